The number of hydrogen-bond acceptors (Lipinski definition) is 2. The van der Waals surface area contributed by atoms with Crippen LogP contribution < -0.4 is 4.74 Å². The zero-order valence-corrected chi connectivity index (χ0v) is 15.3. The summed E-state index contributed by atoms with van der Waals surface area (Å²) in [4.78, 5) is 4.86. The van der Waals surface area contributed by atoms with Crippen LogP contribution in [0.25, 0.3) is 11.0 Å². The number of aromatic nitrogens is 2. The van der Waals surface area contributed by atoms with Crippen LogP contribution in [-0.4, -0.2) is 16.2 Å². The fraction of sp³-hybridized carbons (Fsp3) is 0.381. The van der Waals surface area contributed by atoms with Crippen LogP contribution >= 0.6 is 11.6 Å². The zero-order valence-electron chi connectivity index (χ0n) is 14.5. The molecule has 0 atom stereocenters. The summed E-state index contributed by atoms with van der Waals surface area (Å²) in [7, 11) is 0. The van der Waals surface area contributed by atoms with Crippen molar-refractivity contribution in [1.82, 2.24) is 9.55 Å². The fourth-order valence-electron chi connectivity index (χ4n) is 3.25. The van der Waals surface area contributed by atoms with E-state index >= 15 is 0 Å². The maximum atomic E-state index is 6.05. The molecular weight excluding hydrogens is 332 g/mol. The Balaban J connectivity index is 1.35. The van der Waals surface area contributed by atoms with E-state index in [1.807, 2.05) is 25.1 Å². The number of unbranched alkanes of at least 4 members (excludes halogenated alkanes) is 1. The maximum absolute atomic E-state index is 6.05. The molecule has 1 aromatic heterocycles. The number of nitrogens with zero attached hydrogens (tertiary/aromatic N) is 2. The lowest BCUT2D eigenvalue weighted by Crippen LogP contribution is -2.05. The standard InChI is InChI=1S/C21H23ClN2O/c1-15-14-17(10-11-18(15)22)25-13-5-4-12-24-20-7-3-2-6-19(20)23-21(24)16-8-9-16/h2-3,6-7,10-11,14,16H,4-5,8-9,12-13H2,1H3. The Bertz CT molecular complexity index is 883. The van der Waals surface area contributed by atoms with Gasteiger partial charge in [-0.1, -0.05) is 23.7 Å². The summed E-state index contributed by atoms with van der Waals surface area (Å²) in [5.41, 5.74) is 3.44. The molecule has 3 nitrogen and oxygen atoms in total. The number of ether oxygens (including phenoxy) is 1. The second kappa shape index (κ2) is 7.09. The van der Waals surface area contributed by atoms with Gasteiger partial charge in [-0.3, -0.25) is 0 Å². The van der Waals surface area contributed by atoms with Crippen molar-refractivity contribution in [3.05, 3.63) is 58.9 Å². The van der Waals surface area contributed by atoms with E-state index in [0.717, 1.165) is 47.8 Å². The number of halogens is 1. The van der Waals surface area contributed by atoms with E-state index in [0.29, 0.717) is 5.92 Å². The molecule has 0 unspecified atom stereocenters. The van der Waals surface area contributed by atoms with Crippen molar-refractivity contribution < 1.29 is 4.74 Å². The van der Waals surface area contributed by atoms with Crippen LogP contribution in [0.5, 0.6) is 5.75 Å². The molecule has 4 heteroatoms. The van der Waals surface area contributed by atoms with E-state index in [2.05, 4.69) is 28.8 Å². The maximum Gasteiger partial charge on any atom is 0.119 e. The lowest BCUT2D eigenvalue weighted by Gasteiger charge is -2.10. The van der Waals surface area contributed by atoms with Crippen molar-refractivity contribution in [3.8, 4) is 5.75 Å². The first-order valence-corrected chi connectivity index (χ1v) is 9.44. The van der Waals surface area contributed by atoms with E-state index in [9.17, 15) is 0 Å². The van der Waals surface area contributed by atoms with Gasteiger partial charge in [0.2, 0.25) is 0 Å². The summed E-state index contributed by atoms with van der Waals surface area (Å²) in [6.07, 6.45) is 4.68. The first kappa shape index (κ1) is 16.5. The molecule has 25 heavy (non-hydrogen) atoms. The van der Waals surface area contributed by atoms with Crippen molar-refractivity contribution in [2.45, 2.75) is 45.1 Å². The predicted octanol–water partition coefficient (Wildman–Crippen LogP) is 5.73. The number of imidazole rings is 1. The van der Waals surface area contributed by atoms with Crippen LogP contribution in [0.2, 0.25) is 5.02 Å². The average Bonchev–Trinajstić information content (AvgIpc) is 3.40. The predicted molar refractivity (Wildman–Crippen MR) is 103 cm³/mol. The Morgan fingerprint density at radius 3 is 2.80 bits per heavy atom. The van der Waals surface area contributed by atoms with Crippen molar-refractivity contribution in [2.75, 3.05) is 6.61 Å². The molecule has 1 fully saturated rings. The molecule has 3 aromatic rings. The second-order valence-corrected chi connectivity index (χ2v) is 7.26. The molecule has 0 amide bonds. The second-order valence-electron chi connectivity index (χ2n) is 6.85. The van der Waals surface area contributed by atoms with Crippen molar-refractivity contribution >= 4 is 22.6 Å². The Labute approximate surface area is 153 Å². The van der Waals surface area contributed by atoms with Gasteiger partial charge in [0, 0.05) is 17.5 Å². The van der Waals surface area contributed by atoms with Crippen LogP contribution in [0.15, 0.2) is 42.5 Å². The van der Waals surface area contributed by atoms with Gasteiger partial charge in [-0.15, -0.1) is 0 Å². The molecule has 0 N–H and O–H groups in total. The van der Waals surface area contributed by atoms with Crippen LogP contribution in [0.4, 0.5) is 0 Å². The van der Waals surface area contributed by atoms with Gasteiger partial charge in [-0.05, 0) is 68.5 Å². The highest BCUT2D eigenvalue weighted by atomic mass is 35.5. The number of para-hydroxylation sites is 2. The Morgan fingerprint density at radius 2 is 2.00 bits per heavy atom. The first-order chi connectivity index (χ1) is 12.2. The topological polar surface area (TPSA) is 27.1 Å². The van der Waals surface area contributed by atoms with Crippen LogP contribution in [0.3, 0.4) is 0 Å². The van der Waals surface area contributed by atoms with Crippen molar-refractivity contribution in [1.29, 1.82) is 0 Å². The third-order valence-electron chi connectivity index (χ3n) is 4.80. The van der Waals surface area contributed by atoms with Gasteiger partial charge in [0.1, 0.15) is 11.6 Å². The zero-order chi connectivity index (χ0) is 17.2. The molecule has 4 rings (SSSR count). The molecule has 1 aliphatic rings. The van der Waals surface area contributed by atoms with Crippen LogP contribution in [0.1, 0.15) is 43.0 Å². The van der Waals surface area contributed by atoms with E-state index < -0.39 is 0 Å². The van der Waals surface area contributed by atoms with Gasteiger partial charge in [0.25, 0.3) is 0 Å². The molecule has 1 heterocycles. The van der Waals surface area contributed by atoms with Gasteiger partial charge >= 0.3 is 0 Å². The van der Waals surface area contributed by atoms with E-state index in [4.69, 9.17) is 21.3 Å². The van der Waals surface area contributed by atoms with E-state index in [1.165, 1.54) is 24.2 Å². The number of hydrogen-bond donors (Lipinski definition) is 0. The van der Waals surface area contributed by atoms with Crippen LogP contribution in [0, 0.1) is 6.92 Å². The smallest absolute Gasteiger partial charge is 0.119 e. The molecule has 0 aliphatic heterocycles. The summed E-state index contributed by atoms with van der Waals surface area (Å²) in [6.45, 7) is 3.74. The van der Waals surface area contributed by atoms with Crippen molar-refractivity contribution in [2.24, 2.45) is 0 Å². The minimum absolute atomic E-state index is 0.667. The van der Waals surface area contributed by atoms with Gasteiger partial charge in [-0.25, -0.2) is 4.98 Å². The molecule has 0 bridgehead atoms. The fourth-order valence-corrected chi connectivity index (χ4v) is 3.37. The largest absolute Gasteiger partial charge is 0.494 e. The quantitative estimate of drug-likeness (QED) is 0.506. The highest BCUT2D eigenvalue weighted by molar-refractivity contribution is 6.31. The van der Waals surface area contributed by atoms with Gasteiger partial charge in [-0.2, -0.15) is 0 Å². The molecule has 130 valence electrons. The highest BCUT2D eigenvalue weighted by Gasteiger charge is 2.29. The lowest BCUT2D eigenvalue weighted by molar-refractivity contribution is 0.303. The molecule has 1 aliphatic carbocycles. The van der Waals surface area contributed by atoms with Gasteiger partial charge in [0.05, 0.1) is 17.6 Å². The Kier molecular flexibility index (Phi) is 4.67. The van der Waals surface area contributed by atoms with E-state index in [1.54, 1.807) is 0 Å². The number of aryl methyl sites for hydroxylation is 2. The van der Waals surface area contributed by atoms with Gasteiger partial charge < -0.3 is 9.30 Å². The third-order valence-corrected chi connectivity index (χ3v) is 5.22. The Morgan fingerprint density at radius 1 is 1.16 bits per heavy atom. The molecule has 0 spiro atoms. The van der Waals surface area contributed by atoms with Gasteiger partial charge in [0.15, 0.2) is 0 Å². The summed E-state index contributed by atoms with van der Waals surface area (Å²) in [6, 6.07) is 14.3. The minimum atomic E-state index is 0.667. The Hall–Kier alpha value is -2.00. The third kappa shape index (κ3) is 3.67. The summed E-state index contributed by atoms with van der Waals surface area (Å²) < 4.78 is 8.27. The summed E-state index contributed by atoms with van der Waals surface area (Å²) in [5, 5.41) is 0.784. The summed E-state index contributed by atoms with van der Waals surface area (Å²) >= 11 is 6.05. The lowest BCUT2D eigenvalue weighted by atomic mass is 10.2. The minimum Gasteiger partial charge on any atom is -0.494 e. The normalized spacial score (nSPS) is 14.2. The molecule has 1 saturated carbocycles. The molecule has 0 radical (unpaired) electrons. The molecule has 0 saturated heterocycles. The first-order valence-electron chi connectivity index (χ1n) is 9.06. The summed E-state index contributed by atoms with van der Waals surface area (Å²) in [5.74, 6) is 2.84. The average molecular weight is 355 g/mol. The SMILES string of the molecule is Cc1cc(OCCCCn2c(C3CC3)nc3ccccc32)ccc1Cl. The monoisotopic (exact) mass is 354 g/mol. The number of fused-ring (bicyclic) bond motifs is 1. The molecule has 2 aromatic carbocycles. The van der Waals surface area contributed by atoms with Crippen molar-refractivity contribution in [3.63, 3.8) is 0 Å². The molecular formula is C21H23ClN2O. The number of rotatable bonds is 7. The number of benzene rings is 2. The van der Waals surface area contributed by atoms with Crippen LogP contribution in [-0.2, 0) is 6.54 Å². The highest BCUT2D eigenvalue weighted by Crippen LogP contribution is 2.40. The van der Waals surface area contributed by atoms with E-state index in [-0.39, 0.29) is 0 Å².